The Morgan fingerprint density at radius 2 is 1.87 bits per heavy atom. The maximum Gasteiger partial charge on any atom is 0.227 e. The molecule has 1 fully saturated rings. The summed E-state index contributed by atoms with van der Waals surface area (Å²) in [6, 6.07) is 0. The van der Waals surface area contributed by atoms with Gasteiger partial charge in [-0.1, -0.05) is 6.92 Å². The third-order valence-corrected chi connectivity index (χ3v) is 3.98. The van der Waals surface area contributed by atoms with Crippen molar-refractivity contribution in [3.63, 3.8) is 0 Å². The molecule has 3 nitrogen and oxygen atoms in total. The van der Waals surface area contributed by atoms with Crippen molar-refractivity contribution >= 4 is 5.91 Å². The smallest absolute Gasteiger partial charge is 0.227 e. The van der Waals surface area contributed by atoms with Gasteiger partial charge in [0.2, 0.25) is 5.91 Å². The number of carbonyl (C=O) groups excluding carboxylic acids is 1. The third-order valence-electron chi connectivity index (χ3n) is 3.98. The first-order valence-corrected chi connectivity index (χ1v) is 5.73. The summed E-state index contributed by atoms with van der Waals surface area (Å²) in [7, 11) is 0. The quantitative estimate of drug-likeness (QED) is 0.742. The average Bonchev–Trinajstić information content (AvgIpc) is 2.75. The molecular weight excluding hydrogens is 188 g/mol. The lowest BCUT2D eigenvalue weighted by Gasteiger charge is -2.36. The molecule has 0 bridgehead atoms. The summed E-state index contributed by atoms with van der Waals surface area (Å²) in [6.45, 7) is 10.6. The molecule has 0 heterocycles. The number of hydrogen-bond donors (Lipinski definition) is 2. The van der Waals surface area contributed by atoms with Crippen molar-refractivity contribution in [1.29, 1.82) is 0 Å². The highest BCUT2D eigenvalue weighted by Crippen LogP contribution is 2.37. The number of amides is 1. The second-order valence-corrected chi connectivity index (χ2v) is 6.03. The number of nitrogens with two attached hydrogens (primary N) is 1. The molecular formula is C12H24N2O. The van der Waals surface area contributed by atoms with Crippen molar-refractivity contribution < 1.29 is 4.79 Å². The van der Waals surface area contributed by atoms with Crippen LogP contribution in [0.1, 0.15) is 41.0 Å². The summed E-state index contributed by atoms with van der Waals surface area (Å²) in [5, 5.41) is 3.00. The van der Waals surface area contributed by atoms with E-state index in [0.29, 0.717) is 5.92 Å². The minimum atomic E-state index is -0.523. The van der Waals surface area contributed by atoms with E-state index in [4.69, 9.17) is 5.73 Å². The normalized spacial score (nSPS) is 26.3. The fourth-order valence-electron chi connectivity index (χ4n) is 1.42. The molecule has 1 aliphatic rings. The van der Waals surface area contributed by atoms with Gasteiger partial charge in [0, 0.05) is 12.1 Å². The zero-order chi connectivity index (χ0) is 11.9. The highest BCUT2D eigenvalue weighted by atomic mass is 16.2. The molecule has 1 amide bonds. The SMILES string of the molecule is CC1CC1CNC(=O)C(C)(C)C(C)(C)N. The number of hydrogen-bond acceptors (Lipinski definition) is 2. The van der Waals surface area contributed by atoms with Crippen LogP contribution in [0.2, 0.25) is 0 Å². The maximum atomic E-state index is 12.0. The molecule has 2 atom stereocenters. The first-order chi connectivity index (χ1) is 6.66. The lowest BCUT2D eigenvalue weighted by molar-refractivity contribution is -0.132. The van der Waals surface area contributed by atoms with E-state index in [-0.39, 0.29) is 5.91 Å². The van der Waals surface area contributed by atoms with E-state index in [0.717, 1.165) is 12.5 Å². The molecule has 0 spiro atoms. The molecule has 0 aliphatic heterocycles. The Kier molecular flexibility index (Phi) is 3.15. The van der Waals surface area contributed by atoms with Crippen LogP contribution in [-0.2, 0) is 4.79 Å². The highest BCUT2D eigenvalue weighted by molar-refractivity contribution is 5.83. The monoisotopic (exact) mass is 212 g/mol. The van der Waals surface area contributed by atoms with Crippen LogP contribution < -0.4 is 11.1 Å². The summed E-state index contributed by atoms with van der Waals surface area (Å²) in [6.07, 6.45) is 1.24. The van der Waals surface area contributed by atoms with Gasteiger partial charge in [-0.15, -0.1) is 0 Å². The van der Waals surface area contributed by atoms with Gasteiger partial charge in [0.1, 0.15) is 0 Å². The summed E-state index contributed by atoms with van der Waals surface area (Å²) < 4.78 is 0. The standard InChI is InChI=1S/C12H24N2O/c1-8-6-9(8)7-14-10(15)11(2,3)12(4,5)13/h8-9H,6-7,13H2,1-5H3,(H,14,15). The summed E-state index contributed by atoms with van der Waals surface area (Å²) >= 11 is 0. The molecule has 0 radical (unpaired) electrons. The fraction of sp³-hybridized carbons (Fsp3) is 0.917. The molecule has 0 aromatic carbocycles. The average molecular weight is 212 g/mol. The van der Waals surface area contributed by atoms with Gasteiger partial charge in [-0.2, -0.15) is 0 Å². The Balaban J connectivity index is 2.45. The van der Waals surface area contributed by atoms with Gasteiger partial charge in [-0.3, -0.25) is 4.79 Å². The van der Waals surface area contributed by atoms with E-state index in [1.165, 1.54) is 6.42 Å². The molecule has 88 valence electrons. The Bertz CT molecular complexity index is 253. The van der Waals surface area contributed by atoms with Crippen LogP contribution in [-0.4, -0.2) is 18.0 Å². The highest BCUT2D eigenvalue weighted by Gasteiger charge is 2.41. The van der Waals surface area contributed by atoms with E-state index in [9.17, 15) is 4.79 Å². The minimum absolute atomic E-state index is 0.0640. The number of carbonyl (C=O) groups is 1. The predicted molar refractivity (Wildman–Crippen MR) is 62.3 cm³/mol. The number of nitrogens with one attached hydrogen (secondary N) is 1. The fourth-order valence-corrected chi connectivity index (χ4v) is 1.42. The van der Waals surface area contributed by atoms with Gasteiger partial charge in [-0.05, 0) is 46.0 Å². The first kappa shape index (κ1) is 12.5. The second kappa shape index (κ2) is 3.78. The topological polar surface area (TPSA) is 55.1 Å². The lowest BCUT2D eigenvalue weighted by atomic mass is 9.74. The van der Waals surface area contributed by atoms with Crippen LogP contribution in [0.25, 0.3) is 0 Å². The van der Waals surface area contributed by atoms with Gasteiger partial charge < -0.3 is 11.1 Å². The van der Waals surface area contributed by atoms with Crippen LogP contribution in [0, 0.1) is 17.3 Å². The molecule has 0 aromatic rings. The Morgan fingerprint density at radius 1 is 1.40 bits per heavy atom. The van der Waals surface area contributed by atoms with Crippen molar-refractivity contribution in [2.45, 2.75) is 46.6 Å². The number of rotatable bonds is 4. The van der Waals surface area contributed by atoms with E-state index in [2.05, 4.69) is 12.2 Å². The van der Waals surface area contributed by atoms with Gasteiger partial charge >= 0.3 is 0 Å². The molecule has 1 aliphatic carbocycles. The molecule has 2 unspecified atom stereocenters. The largest absolute Gasteiger partial charge is 0.355 e. The van der Waals surface area contributed by atoms with Crippen molar-refractivity contribution in [2.24, 2.45) is 23.0 Å². The lowest BCUT2D eigenvalue weighted by Crippen LogP contribution is -2.55. The Morgan fingerprint density at radius 3 is 2.20 bits per heavy atom. The van der Waals surface area contributed by atoms with Crippen molar-refractivity contribution in [2.75, 3.05) is 6.54 Å². The molecule has 0 aromatic heterocycles. The van der Waals surface area contributed by atoms with Gasteiger partial charge in [0.25, 0.3) is 0 Å². The van der Waals surface area contributed by atoms with Gasteiger partial charge in [-0.25, -0.2) is 0 Å². The van der Waals surface area contributed by atoms with E-state index in [1.807, 2.05) is 27.7 Å². The van der Waals surface area contributed by atoms with Gasteiger partial charge in [0.05, 0.1) is 5.41 Å². The van der Waals surface area contributed by atoms with Crippen molar-refractivity contribution in [3.05, 3.63) is 0 Å². The summed E-state index contributed by atoms with van der Waals surface area (Å²) in [5.74, 6) is 1.53. The molecule has 3 N–H and O–H groups in total. The summed E-state index contributed by atoms with van der Waals surface area (Å²) in [4.78, 5) is 12.0. The zero-order valence-electron chi connectivity index (χ0n) is 10.6. The van der Waals surface area contributed by atoms with Crippen molar-refractivity contribution in [3.8, 4) is 0 Å². The Hall–Kier alpha value is -0.570. The molecule has 15 heavy (non-hydrogen) atoms. The first-order valence-electron chi connectivity index (χ1n) is 5.73. The summed E-state index contributed by atoms with van der Waals surface area (Å²) in [5.41, 5.74) is 4.99. The van der Waals surface area contributed by atoms with Crippen LogP contribution >= 0.6 is 0 Å². The van der Waals surface area contributed by atoms with Crippen LogP contribution in [0.4, 0.5) is 0 Å². The van der Waals surface area contributed by atoms with E-state index in [1.54, 1.807) is 0 Å². The molecule has 3 heteroatoms. The third kappa shape index (κ3) is 2.71. The van der Waals surface area contributed by atoms with E-state index >= 15 is 0 Å². The molecule has 1 rings (SSSR count). The van der Waals surface area contributed by atoms with Crippen LogP contribution in [0.15, 0.2) is 0 Å². The van der Waals surface area contributed by atoms with Crippen LogP contribution in [0.5, 0.6) is 0 Å². The maximum absolute atomic E-state index is 12.0. The molecule has 0 saturated heterocycles. The van der Waals surface area contributed by atoms with Gasteiger partial charge in [0.15, 0.2) is 0 Å². The minimum Gasteiger partial charge on any atom is -0.355 e. The van der Waals surface area contributed by atoms with Crippen molar-refractivity contribution in [1.82, 2.24) is 5.32 Å². The predicted octanol–water partition coefficient (Wildman–Crippen LogP) is 1.52. The Labute approximate surface area is 92.8 Å². The zero-order valence-corrected chi connectivity index (χ0v) is 10.6. The van der Waals surface area contributed by atoms with Crippen LogP contribution in [0.3, 0.4) is 0 Å². The van der Waals surface area contributed by atoms with E-state index < -0.39 is 11.0 Å². The molecule has 1 saturated carbocycles. The second-order valence-electron chi connectivity index (χ2n) is 6.03.